The molecule has 0 aliphatic carbocycles. The molecule has 0 aliphatic heterocycles. The summed E-state index contributed by atoms with van der Waals surface area (Å²) in [4.78, 5) is 5.59. The van der Waals surface area contributed by atoms with Gasteiger partial charge >= 0.3 is 0 Å². The lowest BCUT2D eigenvalue weighted by molar-refractivity contribution is 0.000660. The fourth-order valence-electron chi connectivity index (χ4n) is 1.72. The molecule has 0 aliphatic rings. The second kappa shape index (κ2) is 8.05. The van der Waals surface area contributed by atoms with Gasteiger partial charge in [0.15, 0.2) is 0 Å². The van der Waals surface area contributed by atoms with Crippen LogP contribution in [0.15, 0.2) is 29.4 Å². The molecular weight excluding hydrogens is 250 g/mol. The first-order valence-corrected chi connectivity index (χ1v) is 7.23. The topological polar surface area (TPSA) is 30.8 Å². The van der Waals surface area contributed by atoms with Crippen LogP contribution in [0.2, 0.25) is 0 Å². The highest BCUT2D eigenvalue weighted by molar-refractivity contribution is 6.00. The molecule has 0 saturated heterocycles. The summed E-state index contributed by atoms with van der Waals surface area (Å²) < 4.78 is 5.09. The maximum atomic E-state index is 5.59. The van der Waals surface area contributed by atoms with E-state index in [9.17, 15) is 0 Å². The number of hydrogen-bond acceptors (Lipinski definition) is 3. The Hall–Kier alpha value is -1.35. The zero-order chi connectivity index (χ0) is 15.0. The molecule has 1 aromatic rings. The molecule has 0 saturated carbocycles. The summed E-state index contributed by atoms with van der Waals surface area (Å²) in [7, 11) is 1.73. The van der Waals surface area contributed by atoms with Crippen molar-refractivity contribution in [2.45, 2.75) is 52.6 Å². The van der Waals surface area contributed by atoms with E-state index < -0.39 is 0 Å². The van der Waals surface area contributed by atoms with Crippen molar-refractivity contribution in [3.63, 3.8) is 0 Å². The largest absolute Gasteiger partial charge is 0.390 e. The Morgan fingerprint density at radius 1 is 1.10 bits per heavy atom. The van der Waals surface area contributed by atoms with Gasteiger partial charge in [-0.25, -0.2) is 0 Å². The Kier molecular flexibility index (Phi) is 6.73. The van der Waals surface area contributed by atoms with Crippen LogP contribution in [-0.4, -0.2) is 25.0 Å². The van der Waals surface area contributed by atoms with Gasteiger partial charge in [0.25, 0.3) is 0 Å². The average molecular weight is 277 g/mol. The van der Waals surface area contributed by atoms with Crippen LogP contribution in [0.5, 0.6) is 0 Å². The van der Waals surface area contributed by atoms with Crippen molar-refractivity contribution in [2.75, 3.05) is 13.7 Å². The van der Waals surface area contributed by atoms with Crippen LogP contribution in [0.4, 0.5) is 0 Å². The van der Waals surface area contributed by atoms with Crippen LogP contribution in [0.3, 0.4) is 0 Å². The molecule has 0 amide bonds. The van der Waals surface area contributed by atoms with Crippen molar-refractivity contribution in [3.8, 4) is 0 Å². The number of methoxy groups -OCH3 is 1. The first-order chi connectivity index (χ1) is 9.42. The summed E-state index contributed by atoms with van der Waals surface area (Å²) in [6.45, 7) is 8.91. The lowest BCUT2D eigenvalue weighted by atomic mass is 10.0. The molecule has 3 nitrogen and oxygen atoms in total. The maximum Gasteiger partial charge on any atom is 0.129 e. The van der Waals surface area contributed by atoms with Crippen LogP contribution < -0.4 is 0 Å². The first kappa shape index (κ1) is 16.7. The van der Waals surface area contributed by atoms with E-state index in [0.717, 1.165) is 37.1 Å². The van der Waals surface area contributed by atoms with Crippen molar-refractivity contribution in [1.82, 2.24) is 0 Å². The summed E-state index contributed by atoms with van der Waals surface area (Å²) in [6.07, 6.45) is 2.99. The molecule has 20 heavy (non-hydrogen) atoms. The third-order valence-corrected chi connectivity index (χ3v) is 2.83. The Bertz CT molecular complexity index is 416. The standard InChI is InChI=1S/C17H27NO2/c1-14-9-11-15(12-10-14)16(8-6-7-13-19-5)18-20-17(2,3)4/h9-12H,6-8,13H2,1-5H3/b18-16+. The Morgan fingerprint density at radius 2 is 1.75 bits per heavy atom. The number of unbranched alkanes of at least 4 members (excludes halogenated alkanes) is 1. The van der Waals surface area contributed by atoms with Crippen LogP contribution >= 0.6 is 0 Å². The quantitative estimate of drug-likeness (QED) is 0.422. The van der Waals surface area contributed by atoms with E-state index in [1.165, 1.54) is 5.56 Å². The molecule has 0 fully saturated rings. The first-order valence-electron chi connectivity index (χ1n) is 7.23. The van der Waals surface area contributed by atoms with Crippen LogP contribution in [0, 0.1) is 6.92 Å². The summed E-state index contributed by atoms with van der Waals surface area (Å²) in [5, 5.41) is 4.37. The molecule has 3 heteroatoms. The van der Waals surface area contributed by atoms with Crippen LogP contribution in [-0.2, 0) is 9.57 Å². The predicted molar refractivity (Wildman–Crippen MR) is 84.3 cm³/mol. The third kappa shape index (κ3) is 6.71. The molecule has 0 N–H and O–H groups in total. The molecular formula is C17H27NO2. The Labute approximate surface area is 123 Å². The highest BCUT2D eigenvalue weighted by Crippen LogP contribution is 2.14. The molecule has 0 aromatic heterocycles. The number of nitrogens with zero attached hydrogens (tertiary/aromatic N) is 1. The minimum Gasteiger partial charge on any atom is -0.390 e. The number of benzene rings is 1. The Balaban J connectivity index is 2.75. The summed E-state index contributed by atoms with van der Waals surface area (Å²) in [5.41, 5.74) is 3.14. The zero-order valence-corrected chi connectivity index (χ0v) is 13.4. The predicted octanol–water partition coefficient (Wildman–Crippen LogP) is 4.33. The number of hydrogen-bond donors (Lipinski definition) is 0. The fourth-order valence-corrected chi connectivity index (χ4v) is 1.72. The van der Waals surface area contributed by atoms with Crippen LogP contribution in [0.25, 0.3) is 0 Å². The molecule has 0 heterocycles. The average Bonchev–Trinajstić information content (AvgIpc) is 2.38. The number of ether oxygens (including phenoxy) is 1. The summed E-state index contributed by atoms with van der Waals surface area (Å²) >= 11 is 0. The highest BCUT2D eigenvalue weighted by Gasteiger charge is 2.12. The van der Waals surface area contributed by atoms with Crippen molar-refractivity contribution in [1.29, 1.82) is 0 Å². The van der Waals surface area contributed by atoms with Gasteiger partial charge in [0.05, 0.1) is 5.71 Å². The van der Waals surface area contributed by atoms with E-state index in [1.807, 2.05) is 20.8 Å². The number of aryl methyl sites for hydroxylation is 1. The Morgan fingerprint density at radius 3 is 2.30 bits per heavy atom. The van der Waals surface area contributed by atoms with Gasteiger partial charge < -0.3 is 9.57 Å². The minimum absolute atomic E-state index is 0.261. The zero-order valence-electron chi connectivity index (χ0n) is 13.4. The van der Waals surface area contributed by atoms with E-state index in [0.29, 0.717) is 0 Å². The van der Waals surface area contributed by atoms with Crippen molar-refractivity contribution in [3.05, 3.63) is 35.4 Å². The summed E-state index contributed by atoms with van der Waals surface area (Å²) in [5.74, 6) is 0. The second-order valence-corrected chi connectivity index (χ2v) is 6.06. The van der Waals surface area contributed by atoms with E-state index in [1.54, 1.807) is 7.11 Å². The normalized spacial score (nSPS) is 12.6. The molecule has 0 atom stereocenters. The highest BCUT2D eigenvalue weighted by atomic mass is 16.6. The van der Waals surface area contributed by atoms with E-state index >= 15 is 0 Å². The molecule has 112 valence electrons. The number of rotatable bonds is 7. The van der Waals surface area contributed by atoms with Gasteiger partial charge in [0.1, 0.15) is 5.60 Å². The van der Waals surface area contributed by atoms with Crippen LogP contribution in [0.1, 0.15) is 51.2 Å². The molecule has 0 radical (unpaired) electrons. The van der Waals surface area contributed by atoms with E-state index in [4.69, 9.17) is 9.57 Å². The van der Waals surface area contributed by atoms with Gasteiger partial charge in [-0.3, -0.25) is 0 Å². The maximum absolute atomic E-state index is 5.59. The molecule has 0 unspecified atom stereocenters. The third-order valence-electron chi connectivity index (χ3n) is 2.83. The lowest BCUT2D eigenvalue weighted by Gasteiger charge is -2.17. The molecule has 1 rings (SSSR count). The fraction of sp³-hybridized carbons (Fsp3) is 0.588. The minimum atomic E-state index is -0.261. The summed E-state index contributed by atoms with van der Waals surface area (Å²) in [6, 6.07) is 8.43. The van der Waals surface area contributed by atoms with Gasteiger partial charge in [0, 0.05) is 13.7 Å². The van der Waals surface area contributed by atoms with Gasteiger partial charge in [-0.1, -0.05) is 35.0 Å². The van der Waals surface area contributed by atoms with Gasteiger partial charge in [0.2, 0.25) is 0 Å². The SMILES string of the molecule is COCCCC/C(=N\OC(C)(C)C)c1ccc(C)cc1. The van der Waals surface area contributed by atoms with Crippen molar-refractivity contribution < 1.29 is 9.57 Å². The lowest BCUT2D eigenvalue weighted by Crippen LogP contribution is -2.17. The van der Waals surface area contributed by atoms with Crippen molar-refractivity contribution >= 4 is 5.71 Å². The smallest absolute Gasteiger partial charge is 0.129 e. The van der Waals surface area contributed by atoms with E-state index in [2.05, 4.69) is 36.3 Å². The monoisotopic (exact) mass is 277 g/mol. The van der Waals surface area contributed by atoms with Gasteiger partial charge in [-0.15, -0.1) is 0 Å². The molecule has 1 aromatic carbocycles. The van der Waals surface area contributed by atoms with E-state index in [-0.39, 0.29) is 5.60 Å². The van der Waals surface area contributed by atoms with Crippen molar-refractivity contribution in [2.24, 2.45) is 5.16 Å². The molecule has 0 bridgehead atoms. The molecule has 0 spiro atoms. The second-order valence-electron chi connectivity index (χ2n) is 6.06. The number of oxime groups is 1. The van der Waals surface area contributed by atoms with Gasteiger partial charge in [-0.05, 0) is 52.5 Å². The van der Waals surface area contributed by atoms with Gasteiger partial charge in [-0.2, -0.15) is 0 Å².